The summed E-state index contributed by atoms with van der Waals surface area (Å²) in [5, 5.41) is 10.2. The van der Waals surface area contributed by atoms with Crippen LogP contribution in [-0.4, -0.2) is 48.6 Å². The van der Waals surface area contributed by atoms with E-state index in [4.69, 9.17) is 4.99 Å². The molecule has 1 aliphatic heterocycles. The summed E-state index contributed by atoms with van der Waals surface area (Å²) in [4.78, 5) is 14.9. The molecule has 3 heterocycles. The summed E-state index contributed by atoms with van der Waals surface area (Å²) in [6.07, 6.45) is 3.54. The molecule has 8 heteroatoms. The van der Waals surface area contributed by atoms with Crippen LogP contribution in [-0.2, 0) is 6.42 Å². The van der Waals surface area contributed by atoms with Crippen LogP contribution >= 0.6 is 46.7 Å². The lowest BCUT2D eigenvalue weighted by atomic mass is 10.2. The molecule has 0 amide bonds. The minimum Gasteiger partial charge on any atom is -0.357 e. The van der Waals surface area contributed by atoms with Crippen LogP contribution in [0.25, 0.3) is 0 Å². The average molecular weight is 534 g/mol. The molecule has 2 aromatic rings. The molecule has 156 valence electrons. The van der Waals surface area contributed by atoms with Crippen molar-refractivity contribution in [3.05, 3.63) is 38.0 Å². The Labute approximate surface area is 194 Å². The van der Waals surface area contributed by atoms with Gasteiger partial charge in [0.25, 0.3) is 0 Å². The standard InChI is InChI=1S/C20H31N5S2.HI/c1-4-21-20(22-10-9-19-24-15(2)16(3)27-19)23-14-17(18-8-7-13-26-18)25-11-5-6-12-25;/h7-8,13,17H,4-6,9-12,14H2,1-3H3,(H2,21,22,23);1H. The number of thiazole rings is 1. The van der Waals surface area contributed by atoms with E-state index in [0.29, 0.717) is 6.04 Å². The Balaban J connectivity index is 0.00000280. The minimum atomic E-state index is 0. The van der Waals surface area contributed by atoms with Crippen LogP contribution in [0.15, 0.2) is 22.5 Å². The highest BCUT2D eigenvalue weighted by atomic mass is 127. The molecule has 0 saturated carbocycles. The van der Waals surface area contributed by atoms with E-state index in [1.54, 1.807) is 11.3 Å². The molecule has 0 aliphatic carbocycles. The Bertz CT molecular complexity index is 704. The van der Waals surface area contributed by atoms with Crippen LogP contribution in [0.2, 0.25) is 0 Å². The highest BCUT2D eigenvalue weighted by Gasteiger charge is 2.24. The van der Waals surface area contributed by atoms with Gasteiger partial charge in [0.1, 0.15) is 0 Å². The molecule has 2 N–H and O–H groups in total. The molecule has 1 unspecified atom stereocenters. The molecule has 0 aromatic carbocycles. The summed E-state index contributed by atoms with van der Waals surface area (Å²) in [7, 11) is 0. The second kappa shape index (κ2) is 12.1. The number of aryl methyl sites for hydroxylation is 2. The summed E-state index contributed by atoms with van der Waals surface area (Å²) in [6, 6.07) is 4.79. The second-order valence-electron chi connectivity index (χ2n) is 6.92. The van der Waals surface area contributed by atoms with Gasteiger partial charge in [0, 0.05) is 29.3 Å². The van der Waals surface area contributed by atoms with Gasteiger partial charge in [-0.15, -0.1) is 46.7 Å². The fraction of sp³-hybridized carbons (Fsp3) is 0.600. The first-order valence-corrected chi connectivity index (χ1v) is 11.6. The van der Waals surface area contributed by atoms with E-state index in [9.17, 15) is 0 Å². The monoisotopic (exact) mass is 533 g/mol. The van der Waals surface area contributed by atoms with Gasteiger partial charge in [-0.1, -0.05) is 6.07 Å². The van der Waals surface area contributed by atoms with Gasteiger partial charge in [-0.2, -0.15) is 0 Å². The maximum Gasteiger partial charge on any atom is 0.191 e. The van der Waals surface area contributed by atoms with Crippen LogP contribution in [0.3, 0.4) is 0 Å². The van der Waals surface area contributed by atoms with Crippen molar-refractivity contribution in [3.63, 3.8) is 0 Å². The fourth-order valence-electron chi connectivity index (χ4n) is 3.37. The molecule has 5 nitrogen and oxygen atoms in total. The average Bonchev–Trinajstić information content (AvgIpc) is 3.40. The Morgan fingerprint density at radius 1 is 1.29 bits per heavy atom. The van der Waals surface area contributed by atoms with Gasteiger partial charge in [0.05, 0.1) is 23.3 Å². The summed E-state index contributed by atoms with van der Waals surface area (Å²) in [5.74, 6) is 0.906. The van der Waals surface area contributed by atoms with Crippen molar-refractivity contribution >= 4 is 52.6 Å². The van der Waals surface area contributed by atoms with Gasteiger partial charge in [0.15, 0.2) is 5.96 Å². The third-order valence-corrected chi connectivity index (χ3v) is 7.03. The topological polar surface area (TPSA) is 52.6 Å². The first-order valence-electron chi connectivity index (χ1n) is 9.90. The van der Waals surface area contributed by atoms with Gasteiger partial charge in [-0.3, -0.25) is 9.89 Å². The van der Waals surface area contributed by atoms with Gasteiger partial charge >= 0.3 is 0 Å². The Morgan fingerprint density at radius 3 is 2.68 bits per heavy atom. The molecule has 1 aliphatic rings. The van der Waals surface area contributed by atoms with Gasteiger partial charge in [-0.05, 0) is 58.1 Å². The molecule has 0 radical (unpaired) electrons. The first-order chi connectivity index (χ1) is 13.2. The molecule has 0 spiro atoms. The number of aliphatic imine (C=N–C) groups is 1. The number of guanidine groups is 1. The van der Waals surface area contributed by atoms with Crippen molar-refractivity contribution in [3.8, 4) is 0 Å². The molecule has 1 saturated heterocycles. The minimum absolute atomic E-state index is 0. The smallest absolute Gasteiger partial charge is 0.191 e. The molecule has 28 heavy (non-hydrogen) atoms. The number of rotatable bonds is 8. The highest BCUT2D eigenvalue weighted by Crippen LogP contribution is 2.28. The Morgan fingerprint density at radius 2 is 2.07 bits per heavy atom. The number of nitrogens with one attached hydrogen (secondary N) is 2. The number of aromatic nitrogens is 1. The third kappa shape index (κ3) is 6.67. The number of likely N-dealkylation sites (tertiary alicyclic amines) is 1. The van der Waals surface area contributed by atoms with E-state index in [1.165, 1.54) is 40.7 Å². The summed E-state index contributed by atoms with van der Waals surface area (Å²) in [5.41, 5.74) is 1.15. The van der Waals surface area contributed by atoms with Gasteiger partial charge in [-0.25, -0.2) is 4.98 Å². The third-order valence-electron chi connectivity index (χ3n) is 4.92. The second-order valence-corrected chi connectivity index (χ2v) is 9.19. The lowest BCUT2D eigenvalue weighted by molar-refractivity contribution is 0.255. The van der Waals surface area contributed by atoms with Crippen LogP contribution in [0.1, 0.15) is 46.3 Å². The van der Waals surface area contributed by atoms with E-state index in [-0.39, 0.29) is 24.0 Å². The van der Waals surface area contributed by atoms with Gasteiger partial charge < -0.3 is 10.6 Å². The lowest BCUT2D eigenvalue weighted by Crippen LogP contribution is -2.39. The van der Waals surface area contributed by atoms with Gasteiger partial charge in [0.2, 0.25) is 0 Å². The van der Waals surface area contributed by atoms with Crippen molar-refractivity contribution in [2.24, 2.45) is 4.99 Å². The zero-order valence-corrected chi connectivity index (χ0v) is 21.0. The summed E-state index contributed by atoms with van der Waals surface area (Å²) in [6.45, 7) is 11.2. The number of hydrogen-bond donors (Lipinski definition) is 2. The first kappa shape index (κ1) is 23.6. The Hall–Kier alpha value is -0.710. The molecule has 1 fully saturated rings. The zero-order chi connectivity index (χ0) is 19.1. The van der Waals surface area contributed by atoms with Crippen molar-refractivity contribution in [1.82, 2.24) is 20.5 Å². The van der Waals surface area contributed by atoms with E-state index in [2.05, 4.69) is 58.8 Å². The quantitative estimate of drug-likeness (QED) is 0.301. The summed E-state index contributed by atoms with van der Waals surface area (Å²) < 4.78 is 0. The number of halogens is 1. The van der Waals surface area contributed by atoms with Crippen molar-refractivity contribution in [1.29, 1.82) is 0 Å². The van der Waals surface area contributed by atoms with E-state index in [1.807, 2.05) is 11.3 Å². The number of hydrogen-bond acceptors (Lipinski definition) is 5. The van der Waals surface area contributed by atoms with E-state index >= 15 is 0 Å². The van der Waals surface area contributed by atoms with Crippen molar-refractivity contribution in [2.75, 3.05) is 32.7 Å². The molecule has 3 rings (SSSR count). The highest BCUT2D eigenvalue weighted by molar-refractivity contribution is 14.0. The van der Waals surface area contributed by atoms with Crippen LogP contribution < -0.4 is 10.6 Å². The Kier molecular flexibility index (Phi) is 10.2. The van der Waals surface area contributed by atoms with E-state index in [0.717, 1.165) is 37.7 Å². The molecular weight excluding hydrogens is 501 g/mol. The van der Waals surface area contributed by atoms with Crippen LogP contribution in [0.4, 0.5) is 0 Å². The predicted octanol–water partition coefficient (Wildman–Crippen LogP) is 4.37. The number of nitrogens with zero attached hydrogens (tertiary/aromatic N) is 3. The summed E-state index contributed by atoms with van der Waals surface area (Å²) >= 11 is 3.64. The SMILES string of the molecule is CCNC(=NCC(c1cccs1)N1CCCC1)NCCc1nc(C)c(C)s1.I. The zero-order valence-electron chi connectivity index (χ0n) is 17.0. The lowest BCUT2D eigenvalue weighted by Gasteiger charge is -2.25. The van der Waals surface area contributed by atoms with E-state index < -0.39 is 0 Å². The molecule has 1 atom stereocenters. The largest absolute Gasteiger partial charge is 0.357 e. The molecule has 0 bridgehead atoms. The number of thiophene rings is 1. The fourth-order valence-corrected chi connectivity index (χ4v) is 5.16. The maximum atomic E-state index is 4.91. The normalized spacial score (nSPS) is 16.0. The molecule has 2 aromatic heterocycles. The van der Waals surface area contributed by atoms with Crippen molar-refractivity contribution < 1.29 is 0 Å². The van der Waals surface area contributed by atoms with Crippen molar-refractivity contribution in [2.45, 2.75) is 46.1 Å². The van der Waals surface area contributed by atoms with Crippen LogP contribution in [0, 0.1) is 13.8 Å². The predicted molar refractivity (Wildman–Crippen MR) is 133 cm³/mol. The van der Waals surface area contributed by atoms with Crippen LogP contribution in [0.5, 0.6) is 0 Å². The maximum absolute atomic E-state index is 4.91. The molecular formula is C20H32IN5S2.